The number of aromatic nitrogens is 2. The largest absolute Gasteiger partial charge is 0.496 e. The van der Waals surface area contributed by atoms with Crippen molar-refractivity contribution in [1.29, 1.82) is 0 Å². The topological polar surface area (TPSA) is 82.9 Å². The first kappa shape index (κ1) is 20.6. The van der Waals surface area contributed by atoms with Crippen LogP contribution in [0.3, 0.4) is 0 Å². The molecule has 154 valence electrons. The molecule has 3 rings (SSSR count). The number of sulfonamides is 1. The number of hydrogen-bond acceptors (Lipinski definition) is 6. The molecule has 0 saturated carbocycles. The summed E-state index contributed by atoms with van der Waals surface area (Å²) in [5.41, 5.74) is 1.71. The molecule has 0 bridgehead atoms. The van der Waals surface area contributed by atoms with E-state index in [0.717, 1.165) is 16.9 Å². The zero-order valence-electron chi connectivity index (χ0n) is 16.9. The summed E-state index contributed by atoms with van der Waals surface area (Å²) in [6.45, 7) is 2.77. The Bertz CT molecular complexity index is 939. The maximum atomic E-state index is 12.4. The Morgan fingerprint density at radius 1 is 1.25 bits per heavy atom. The van der Waals surface area contributed by atoms with Gasteiger partial charge in [0.25, 0.3) is 0 Å². The van der Waals surface area contributed by atoms with Crippen LogP contribution in [-0.2, 0) is 14.8 Å². The monoisotopic (exact) mass is 409 g/mol. The van der Waals surface area contributed by atoms with Crippen molar-refractivity contribution in [3.8, 4) is 22.9 Å². The maximum absolute atomic E-state index is 12.4. The Hall–Kier alpha value is -2.10. The summed E-state index contributed by atoms with van der Waals surface area (Å²) in [6.07, 6.45) is 3.58. The van der Waals surface area contributed by atoms with Gasteiger partial charge in [0.05, 0.1) is 44.8 Å². The van der Waals surface area contributed by atoms with Gasteiger partial charge in [-0.25, -0.2) is 17.7 Å². The quantitative estimate of drug-likeness (QED) is 0.695. The summed E-state index contributed by atoms with van der Waals surface area (Å²) >= 11 is 0. The molecule has 2 atom stereocenters. The highest BCUT2D eigenvalue weighted by molar-refractivity contribution is 7.89. The number of nitrogens with zero attached hydrogens (tertiary/aromatic N) is 3. The van der Waals surface area contributed by atoms with Crippen molar-refractivity contribution in [2.24, 2.45) is 5.92 Å². The van der Waals surface area contributed by atoms with E-state index in [1.807, 2.05) is 29.8 Å². The van der Waals surface area contributed by atoms with Gasteiger partial charge >= 0.3 is 0 Å². The van der Waals surface area contributed by atoms with E-state index in [9.17, 15) is 8.42 Å². The molecule has 8 nitrogen and oxygen atoms in total. The molecule has 0 unspecified atom stereocenters. The van der Waals surface area contributed by atoms with Gasteiger partial charge in [-0.05, 0) is 19.1 Å². The van der Waals surface area contributed by atoms with Gasteiger partial charge in [-0.2, -0.15) is 0 Å². The zero-order valence-corrected chi connectivity index (χ0v) is 17.7. The van der Waals surface area contributed by atoms with Crippen molar-refractivity contribution < 1.29 is 22.6 Å². The summed E-state index contributed by atoms with van der Waals surface area (Å²) in [4.78, 5) is 4.53. The van der Waals surface area contributed by atoms with Gasteiger partial charge < -0.3 is 18.8 Å². The highest BCUT2D eigenvalue weighted by atomic mass is 32.2. The summed E-state index contributed by atoms with van der Waals surface area (Å²) in [5, 5.41) is 0. The van der Waals surface area contributed by atoms with E-state index < -0.39 is 10.0 Å². The lowest BCUT2D eigenvalue weighted by Crippen LogP contribution is -2.32. The maximum Gasteiger partial charge on any atom is 0.214 e. The van der Waals surface area contributed by atoms with E-state index in [1.54, 1.807) is 34.5 Å². The minimum atomic E-state index is -3.33. The molecule has 0 spiro atoms. The van der Waals surface area contributed by atoms with Crippen LogP contribution in [0.2, 0.25) is 0 Å². The first-order valence-corrected chi connectivity index (χ1v) is 10.6. The minimum absolute atomic E-state index is 0.0288. The Labute approximate surface area is 166 Å². The predicted molar refractivity (Wildman–Crippen MR) is 106 cm³/mol. The number of imidazole rings is 1. The normalized spacial score (nSPS) is 19.9. The standard InChI is InChI=1S/C19H27N3O5S/c1-13-17(25-4)7-6-15(18(13)26-5)19-20-8-9-22(19)16-11-27-10-14(16)12-28(23,24)21(2)3/h6-9,14,16H,10-12H2,1-5H3/t14-,16-/m1/s1. The molecule has 1 aromatic carbocycles. The Kier molecular flexibility index (Phi) is 5.97. The van der Waals surface area contributed by atoms with E-state index in [4.69, 9.17) is 14.2 Å². The minimum Gasteiger partial charge on any atom is -0.496 e. The van der Waals surface area contributed by atoms with Gasteiger partial charge in [0.2, 0.25) is 10.0 Å². The lowest BCUT2D eigenvalue weighted by molar-refractivity contribution is 0.182. The SMILES string of the molecule is COc1ccc(-c2nccn2[C@@H]2COC[C@@H]2CS(=O)(=O)N(C)C)c(OC)c1C. The van der Waals surface area contributed by atoms with E-state index >= 15 is 0 Å². The van der Waals surface area contributed by atoms with Gasteiger partial charge in [0.15, 0.2) is 0 Å². The fourth-order valence-corrected chi connectivity index (χ4v) is 4.75. The van der Waals surface area contributed by atoms with E-state index in [2.05, 4.69) is 4.98 Å². The van der Waals surface area contributed by atoms with Crippen LogP contribution in [0, 0.1) is 12.8 Å². The number of methoxy groups -OCH3 is 2. The third-order valence-electron chi connectivity index (χ3n) is 5.19. The van der Waals surface area contributed by atoms with Crippen molar-refractivity contribution in [2.75, 3.05) is 47.3 Å². The molecule has 1 aliphatic heterocycles. The number of rotatable bonds is 7. The van der Waals surface area contributed by atoms with Crippen molar-refractivity contribution in [2.45, 2.75) is 13.0 Å². The van der Waals surface area contributed by atoms with Gasteiger partial charge in [-0.3, -0.25) is 0 Å². The lowest BCUT2D eigenvalue weighted by Gasteiger charge is -2.23. The fraction of sp³-hybridized carbons (Fsp3) is 0.526. The van der Waals surface area contributed by atoms with E-state index in [0.29, 0.717) is 24.8 Å². The third-order valence-corrected chi connectivity index (χ3v) is 7.15. The van der Waals surface area contributed by atoms with Crippen LogP contribution in [0.25, 0.3) is 11.4 Å². The fourth-order valence-electron chi connectivity index (χ4n) is 3.60. The highest BCUT2D eigenvalue weighted by Crippen LogP contribution is 2.39. The predicted octanol–water partition coefficient (Wildman–Crippen LogP) is 1.95. The molecule has 28 heavy (non-hydrogen) atoms. The summed E-state index contributed by atoms with van der Waals surface area (Å²) in [5.74, 6) is 2.00. The molecule has 9 heteroatoms. The number of ether oxygens (including phenoxy) is 3. The third kappa shape index (κ3) is 3.74. The van der Waals surface area contributed by atoms with Crippen molar-refractivity contribution in [1.82, 2.24) is 13.9 Å². The molecule has 2 aromatic rings. The molecule has 0 radical (unpaired) electrons. The second-order valence-electron chi connectivity index (χ2n) is 7.06. The van der Waals surface area contributed by atoms with E-state index in [1.165, 1.54) is 4.31 Å². The molecule has 0 N–H and O–H groups in total. The molecule has 1 aliphatic rings. The molecular weight excluding hydrogens is 382 g/mol. The number of hydrogen-bond donors (Lipinski definition) is 0. The van der Waals surface area contributed by atoms with Crippen LogP contribution in [0.4, 0.5) is 0 Å². The average Bonchev–Trinajstić information content (AvgIpc) is 3.29. The molecule has 0 amide bonds. The van der Waals surface area contributed by atoms with Crippen LogP contribution >= 0.6 is 0 Å². The zero-order chi connectivity index (χ0) is 20.5. The summed E-state index contributed by atoms with van der Waals surface area (Å²) in [7, 11) is 3.00. The van der Waals surface area contributed by atoms with Crippen molar-refractivity contribution >= 4 is 10.0 Å². The number of benzene rings is 1. The first-order chi connectivity index (χ1) is 13.3. The average molecular weight is 410 g/mol. The summed E-state index contributed by atoms with van der Waals surface area (Å²) in [6, 6.07) is 3.66. The molecule has 1 fully saturated rings. The smallest absolute Gasteiger partial charge is 0.214 e. The molecule has 0 aliphatic carbocycles. The van der Waals surface area contributed by atoms with Crippen LogP contribution in [0.1, 0.15) is 11.6 Å². The van der Waals surface area contributed by atoms with Gasteiger partial charge in [0.1, 0.15) is 17.3 Å². The highest BCUT2D eigenvalue weighted by Gasteiger charge is 2.35. The van der Waals surface area contributed by atoms with E-state index in [-0.39, 0.29) is 17.7 Å². The van der Waals surface area contributed by atoms with Crippen molar-refractivity contribution in [3.63, 3.8) is 0 Å². The lowest BCUT2D eigenvalue weighted by atomic mass is 10.0. The second-order valence-corrected chi connectivity index (χ2v) is 9.29. The van der Waals surface area contributed by atoms with Crippen LogP contribution in [0.15, 0.2) is 24.5 Å². The van der Waals surface area contributed by atoms with Gasteiger partial charge in [-0.15, -0.1) is 0 Å². The molecule has 2 heterocycles. The summed E-state index contributed by atoms with van der Waals surface area (Å²) < 4.78 is 44.7. The van der Waals surface area contributed by atoms with Crippen molar-refractivity contribution in [3.05, 3.63) is 30.1 Å². The Balaban J connectivity index is 2.00. The van der Waals surface area contributed by atoms with Crippen LogP contribution in [0.5, 0.6) is 11.5 Å². The Morgan fingerprint density at radius 3 is 2.64 bits per heavy atom. The second kappa shape index (κ2) is 8.10. The van der Waals surface area contributed by atoms with Crippen LogP contribution < -0.4 is 9.47 Å². The molecule has 1 aromatic heterocycles. The first-order valence-electron chi connectivity index (χ1n) is 9.03. The van der Waals surface area contributed by atoms with Crippen LogP contribution in [-0.4, -0.2) is 69.6 Å². The molecule has 1 saturated heterocycles. The van der Waals surface area contributed by atoms with Gasteiger partial charge in [-0.1, -0.05) is 0 Å². The van der Waals surface area contributed by atoms with Gasteiger partial charge in [0, 0.05) is 38.0 Å². The Morgan fingerprint density at radius 2 is 2.00 bits per heavy atom. The molecular formula is C19H27N3O5S.